The van der Waals surface area contributed by atoms with Gasteiger partial charge < -0.3 is 15.5 Å². The average Bonchev–Trinajstić information content (AvgIpc) is 2.75. The van der Waals surface area contributed by atoms with E-state index in [4.69, 9.17) is 0 Å². The van der Waals surface area contributed by atoms with Gasteiger partial charge in [-0.1, -0.05) is 6.07 Å². The van der Waals surface area contributed by atoms with E-state index < -0.39 is 4.92 Å². The number of aromatic nitrogens is 4. The fourth-order valence-electron chi connectivity index (χ4n) is 3.77. The number of benzene rings is 1. The Morgan fingerprint density at radius 1 is 1.13 bits per heavy atom. The molecule has 10 heteroatoms. The topological polar surface area (TPSA) is 122 Å². The monoisotopic (exact) mass is 408 g/mol. The highest BCUT2D eigenvalue weighted by Crippen LogP contribution is 2.26. The first-order chi connectivity index (χ1) is 14.5. The molecule has 1 aliphatic carbocycles. The highest BCUT2D eigenvalue weighted by Gasteiger charge is 2.23. The van der Waals surface area contributed by atoms with Crippen LogP contribution in [-0.2, 0) is 0 Å². The molecule has 2 heterocycles. The van der Waals surface area contributed by atoms with E-state index in [1.165, 1.54) is 18.5 Å². The standard InChI is InChI=1S/C20H24N8O2/c1-27(2)15-8-6-13(7-9-15)25-20-21-11-17-18(26-20)19(23-12-22-17)24-14-4-3-5-16(10-14)28(29)30/h3-5,10-13,15H,6-9H2,1-2H3,(H,21,25,26)(H,22,23,24). The van der Waals surface area contributed by atoms with Crippen LogP contribution in [0.3, 0.4) is 0 Å². The van der Waals surface area contributed by atoms with E-state index in [9.17, 15) is 10.1 Å². The lowest BCUT2D eigenvalue weighted by molar-refractivity contribution is -0.384. The van der Waals surface area contributed by atoms with Gasteiger partial charge in [-0.25, -0.2) is 19.9 Å². The minimum atomic E-state index is -0.432. The van der Waals surface area contributed by atoms with Gasteiger partial charge in [0.25, 0.3) is 5.69 Å². The second-order valence-corrected chi connectivity index (χ2v) is 7.70. The molecule has 1 fully saturated rings. The lowest BCUT2D eigenvalue weighted by atomic mass is 9.91. The van der Waals surface area contributed by atoms with Gasteiger partial charge in [-0.05, 0) is 45.8 Å². The molecule has 0 unspecified atom stereocenters. The van der Waals surface area contributed by atoms with Crippen LogP contribution in [0.1, 0.15) is 25.7 Å². The third-order valence-corrected chi connectivity index (χ3v) is 5.46. The molecule has 2 aromatic heterocycles. The quantitative estimate of drug-likeness (QED) is 0.467. The van der Waals surface area contributed by atoms with Crippen LogP contribution in [0, 0.1) is 10.1 Å². The summed E-state index contributed by atoms with van der Waals surface area (Å²) in [7, 11) is 4.25. The summed E-state index contributed by atoms with van der Waals surface area (Å²) in [5.41, 5.74) is 1.71. The smallest absolute Gasteiger partial charge is 0.271 e. The number of non-ortho nitro benzene ring substituents is 1. The van der Waals surface area contributed by atoms with E-state index in [1.54, 1.807) is 18.3 Å². The van der Waals surface area contributed by atoms with Crippen LogP contribution in [-0.4, -0.2) is 55.9 Å². The maximum atomic E-state index is 11.0. The molecule has 30 heavy (non-hydrogen) atoms. The zero-order valence-corrected chi connectivity index (χ0v) is 16.9. The summed E-state index contributed by atoms with van der Waals surface area (Å²) in [6.45, 7) is 0. The van der Waals surface area contributed by atoms with E-state index in [0.717, 1.165) is 25.7 Å². The van der Waals surface area contributed by atoms with Crippen LogP contribution < -0.4 is 10.6 Å². The Kier molecular flexibility index (Phi) is 5.66. The average molecular weight is 408 g/mol. The van der Waals surface area contributed by atoms with Crippen molar-refractivity contribution in [2.45, 2.75) is 37.8 Å². The molecule has 1 aromatic carbocycles. The first-order valence-electron chi connectivity index (χ1n) is 9.92. The molecule has 0 spiro atoms. The van der Waals surface area contributed by atoms with Gasteiger partial charge in [-0.15, -0.1) is 0 Å². The molecule has 1 saturated carbocycles. The number of hydrogen-bond acceptors (Lipinski definition) is 9. The number of fused-ring (bicyclic) bond motifs is 1. The van der Waals surface area contributed by atoms with E-state index in [-0.39, 0.29) is 5.69 Å². The van der Waals surface area contributed by atoms with Gasteiger partial charge in [0, 0.05) is 29.9 Å². The predicted molar refractivity (Wildman–Crippen MR) is 115 cm³/mol. The van der Waals surface area contributed by atoms with Crippen LogP contribution in [0.15, 0.2) is 36.8 Å². The van der Waals surface area contributed by atoms with Gasteiger partial charge in [-0.3, -0.25) is 10.1 Å². The van der Waals surface area contributed by atoms with Gasteiger partial charge >= 0.3 is 0 Å². The Balaban J connectivity index is 1.54. The molecule has 1 aliphatic rings. The number of nitrogens with one attached hydrogen (secondary N) is 2. The van der Waals surface area contributed by atoms with E-state index >= 15 is 0 Å². The van der Waals surface area contributed by atoms with Gasteiger partial charge in [0.15, 0.2) is 5.82 Å². The van der Waals surface area contributed by atoms with Crippen molar-refractivity contribution < 1.29 is 4.92 Å². The summed E-state index contributed by atoms with van der Waals surface area (Å²) < 4.78 is 0. The molecule has 0 aliphatic heterocycles. The van der Waals surface area contributed by atoms with Crippen molar-refractivity contribution in [3.63, 3.8) is 0 Å². The molecule has 3 aromatic rings. The van der Waals surface area contributed by atoms with Crippen molar-refractivity contribution in [1.82, 2.24) is 24.8 Å². The summed E-state index contributed by atoms with van der Waals surface area (Å²) in [5.74, 6) is 1.01. The SMILES string of the molecule is CN(C)C1CCC(Nc2ncc3ncnc(Nc4cccc([N+](=O)[O-])c4)c3n2)CC1. The maximum absolute atomic E-state index is 11.0. The minimum Gasteiger partial charge on any atom is -0.351 e. The van der Waals surface area contributed by atoms with Gasteiger partial charge in [0.1, 0.15) is 17.4 Å². The highest BCUT2D eigenvalue weighted by molar-refractivity contribution is 5.87. The number of nitro benzene ring substituents is 1. The number of hydrogen-bond donors (Lipinski definition) is 2. The van der Waals surface area contributed by atoms with Crippen molar-refractivity contribution in [3.05, 3.63) is 46.9 Å². The predicted octanol–water partition coefficient (Wildman–Crippen LogP) is 3.36. The Morgan fingerprint density at radius 3 is 2.67 bits per heavy atom. The van der Waals surface area contributed by atoms with Crippen LogP contribution in [0.2, 0.25) is 0 Å². The third-order valence-electron chi connectivity index (χ3n) is 5.46. The molecule has 0 saturated heterocycles. The molecule has 4 rings (SSSR count). The zero-order chi connectivity index (χ0) is 21.1. The van der Waals surface area contributed by atoms with Crippen LogP contribution in [0.4, 0.5) is 23.1 Å². The van der Waals surface area contributed by atoms with Gasteiger partial charge in [0.05, 0.1) is 11.1 Å². The Bertz CT molecular complexity index is 1050. The first kappa shape index (κ1) is 19.9. The van der Waals surface area contributed by atoms with Crippen LogP contribution in [0.25, 0.3) is 11.0 Å². The molecular weight excluding hydrogens is 384 g/mol. The first-order valence-corrected chi connectivity index (χ1v) is 9.92. The normalized spacial score (nSPS) is 19.0. The largest absolute Gasteiger partial charge is 0.351 e. The zero-order valence-electron chi connectivity index (χ0n) is 16.9. The number of anilines is 3. The van der Waals surface area contributed by atoms with E-state index in [2.05, 4.69) is 49.6 Å². The van der Waals surface area contributed by atoms with Crippen molar-refractivity contribution >= 4 is 34.2 Å². The maximum Gasteiger partial charge on any atom is 0.271 e. The third kappa shape index (κ3) is 4.43. The second kappa shape index (κ2) is 8.54. The molecule has 156 valence electrons. The second-order valence-electron chi connectivity index (χ2n) is 7.70. The van der Waals surface area contributed by atoms with Crippen molar-refractivity contribution in [3.8, 4) is 0 Å². The van der Waals surface area contributed by atoms with E-state index in [0.29, 0.717) is 40.6 Å². The minimum absolute atomic E-state index is 0.00340. The molecular formula is C20H24N8O2. The summed E-state index contributed by atoms with van der Waals surface area (Å²) in [4.78, 5) is 30.4. The summed E-state index contributed by atoms with van der Waals surface area (Å²) in [5, 5.41) is 17.6. The lowest BCUT2D eigenvalue weighted by Crippen LogP contribution is -2.36. The summed E-state index contributed by atoms with van der Waals surface area (Å²) in [6, 6.07) is 7.22. The van der Waals surface area contributed by atoms with Crippen molar-refractivity contribution in [1.29, 1.82) is 0 Å². The number of nitro groups is 1. The Morgan fingerprint density at radius 2 is 1.93 bits per heavy atom. The highest BCUT2D eigenvalue weighted by atomic mass is 16.6. The molecule has 10 nitrogen and oxygen atoms in total. The summed E-state index contributed by atoms with van der Waals surface area (Å²) in [6.07, 6.45) is 7.49. The van der Waals surface area contributed by atoms with Crippen LogP contribution in [0.5, 0.6) is 0 Å². The van der Waals surface area contributed by atoms with Gasteiger partial charge in [-0.2, -0.15) is 0 Å². The summed E-state index contributed by atoms with van der Waals surface area (Å²) >= 11 is 0. The van der Waals surface area contributed by atoms with Crippen molar-refractivity contribution in [2.75, 3.05) is 24.7 Å². The fraction of sp³-hybridized carbons (Fsp3) is 0.400. The number of rotatable bonds is 6. The lowest BCUT2D eigenvalue weighted by Gasteiger charge is -2.32. The Hall–Kier alpha value is -3.40. The van der Waals surface area contributed by atoms with Gasteiger partial charge in [0.2, 0.25) is 5.95 Å². The number of nitrogens with zero attached hydrogens (tertiary/aromatic N) is 6. The Labute approximate surface area is 173 Å². The van der Waals surface area contributed by atoms with Crippen LogP contribution >= 0.6 is 0 Å². The molecule has 0 radical (unpaired) electrons. The fourth-order valence-corrected chi connectivity index (χ4v) is 3.77. The van der Waals surface area contributed by atoms with Crippen molar-refractivity contribution in [2.24, 2.45) is 0 Å². The molecule has 0 amide bonds. The molecule has 2 N–H and O–H groups in total. The molecule has 0 atom stereocenters. The molecule has 0 bridgehead atoms. The van der Waals surface area contributed by atoms with E-state index in [1.807, 2.05) is 0 Å².